The van der Waals surface area contributed by atoms with Crippen molar-refractivity contribution in [2.75, 3.05) is 18.0 Å². The van der Waals surface area contributed by atoms with Crippen LogP contribution in [0.4, 0.5) is 5.82 Å². The van der Waals surface area contributed by atoms with Gasteiger partial charge in [-0.25, -0.2) is 0 Å². The van der Waals surface area contributed by atoms with Crippen molar-refractivity contribution >= 4 is 22.7 Å². The summed E-state index contributed by atoms with van der Waals surface area (Å²) in [5, 5.41) is 10.5. The number of anilines is 1. The van der Waals surface area contributed by atoms with Crippen LogP contribution in [0.15, 0.2) is 18.2 Å². The molecule has 1 saturated heterocycles. The summed E-state index contributed by atoms with van der Waals surface area (Å²) in [7, 11) is 0. The molecule has 5 rings (SSSR count). The zero-order valence-electron chi connectivity index (χ0n) is 12.2. The van der Waals surface area contributed by atoms with Crippen LogP contribution in [0.1, 0.15) is 36.8 Å². The number of nitrogens with one attached hydrogen (secondary N) is 1. The van der Waals surface area contributed by atoms with E-state index in [1.807, 2.05) is 0 Å². The van der Waals surface area contributed by atoms with Crippen molar-refractivity contribution in [1.82, 2.24) is 4.98 Å². The minimum absolute atomic E-state index is 0.354. The highest BCUT2D eigenvalue weighted by atomic mass is 16.4. The van der Waals surface area contributed by atoms with Crippen LogP contribution in [0.25, 0.3) is 10.9 Å². The zero-order chi connectivity index (χ0) is 14.6. The van der Waals surface area contributed by atoms with Gasteiger partial charge in [0.2, 0.25) is 0 Å². The second-order valence-electron chi connectivity index (χ2n) is 6.43. The molecule has 4 heteroatoms. The Bertz CT molecular complexity index is 711. The number of carboxylic acids is 1. The Morgan fingerprint density at radius 1 is 1.43 bits per heavy atom. The molecule has 110 valence electrons. The Morgan fingerprint density at radius 3 is 2.90 bits per heavy atom. The van der Waals surface area contributed by atoms with E-state index in [9.17, 15) is 4.79 Å². The van der Waals surface area contributed by atoms with E-state index in [0.717, 1.165) is 24.2 Å². The fourth-order valence-electron chi connectivity index (χ4n) is 3.93. The molecule has 3 aliphatic heterocycles. The number of aromatic amines is 1. The van der Waals surface area contributed by atoms with Gasteiger partial charge >= 0.3 is 5.97 Å². The SMILES string of the molecule is CC(Cc1cccc2c3c([nH]c12)N1CCC3CC1)C(=O)O. The van der Waals surface area contributed by atoms with Gasteiger partial charge in [-0.15, -0.1) is 0 Å². The number of para-hydroxylation sites is 1. The number of hydrogen-bond donors (Lipinski definition) is 2. The van der Waals surface area contributed by atoms with Gasteiger partial charge < -0.3 is 15.0 Å². The third-order valence-corrected chi connectivity index (χ3v) is 5.11. The van der Waals surface area contributed by atoms with E-state index in [1.54, 1.807) is 6.92 Å². The Hall–Kier alpha value is -1.97. The van der Waals surface area contributed by atoms with Crippen molar-refractivity contribution in [3.63, 3.8) is 0 Å². The first-order valence-electron chi connectivity index (χ1n) is 7.76. The second-order valence-corrected chi connectivity index (χ2v) is 6.43. The van der Waals surface area contributed by atoms with Gasteiger partial charge in [-0.2, -0.15) is 0 Å². The molecule has 0 amide bonds. The van der Waals surface area contributed by atoms with Crippen LogP contribution in [0.3, 0.4) is 0 Å². The highest BCUT2D eigenvalue weighted by Gasteiger charge is 2.34. The average molecular weight is 284 g/mol. The number of carbonyl (C=O) groups is 1. The van der Waals surface area contributed by atoms with Gasteiger partial charge in [-0.05, 0) is 30.7 Å². The molecule has 1 aromatic carbocycles. The van der Waals surface area contributed by atoms with Gasteiger partial charge in [-0.3, -0.25) is 4.79 Å². The molecular weight excluding hydrogens is 264 g/mol. The van der Waals surface area contributed by atoms with Crippen molar-refractivity contribution in [2.24, 2.45) is 5.92 Å². The third-order valence-electron chi connectivity index (χ3n) is 5.11. The Balaban J connectivity index is 1.84. The summed E-state index contributed by atoms with van der Waals surface area (Å²) < 4.78 is 0. The number of piperidine rings is 1. The van der Waals surface area contributed by atoms with E-state index < -0.39 is 5.97 Å². The largest absolute Gasteiger partial charge is 0.481 e. The van der Waals surface area contributed by atoms with Gasteiger partial charge in [0.05, 0.1) is 11.4 Å². The molecule has 2 bridgehead atoms. The molecule has 1 unspecified atom stereocenters. The molecule has 2 N–H and O–H groups in total. The standard InChI is InChI=1S/C17H20N2O2/c1-10(17(20)21)9-12-3-2-4-13-14-11-5-7-19(8-6-11)16(14)18-15(12)13/h2-4,10-11,18H,5-9H2,1H3,(H,20,21). The first kappa shape index (κ1) is 12.7. The fourth-order valence-corrected chi connectivity index (χ4v) is 3.93. The van der Waals surface area contributed by atoms with Crippen LogP contribution in [0.2, 0.25) is 0 Å². The minimum Gasteiger partial charge on any atom is -0.481 e. The lowest BCUT2D eigenvalue weighted by Crippen LogP contribution is -2.38. The van der Waals surface area contributed by atoms with Crippen molar-refractivity contribution in [1.29, 1.82) is 0 Å². The molecule has 0 aliphatic carbocycles. The van der Waals surface area contributed by atoms with E-state index in [2.05, 4.69) is 28.1 Å². The number of hydrogen-bond acceptors (Lipinski definition) is 2. The zero-order valence-corrected chi connectivity index (χ0v) is 12.2. The lowest BCUT2D eigenvalue weighted by molar-refractivity contribution is -0.141. The maximum Gasteiger partial charge on any atom is 0.306 e. The molecule has 4 heterocycles. The van der Waals surface area contributed by atoms with Crippen LogP contribution in [-0.4, -0.2) is 29.1 Å². The Labute approximate surface area is 123 Å². The number of aliphatic carboxylic acids is 1. The monoisotopic (exact) mass is 284 g/mol. The topological polar surface area (TPSA) is 56.3 Å². The van der Waals surface area contributed by atoms with E-state index in [4.69, 9.17) is 5.11 Å². The van der Waals surface area contributed by atoms with Crippen molar-refractivity contribution in [2.45, 2.75) is 32.1 Å². The number of nitrogens with zero attached hydrogens (tertiary/aromatic N) is 1. The average Bonchev–Trinajstić information content (AvgIpc) is 2.91. The first-order chi connectivity index (χ1) is 10.1. The molecule has 2 aromatic rings. The van der Waals surface area contributed by atoms with E-state index in [-0.39, 0.29) is 5.92 Å². The lowest BCUT2D eigenvalue weighted by Gasteiger charge is -2.40. The van der Waals surface area contributed by atoms with Crippen LogP contribution < -0.4 is 4.90 Å². The summed E-state index contributed by atoms with van der Waals surface area (Å²) in [6, 6.07) is 6.31. The molecule has 3 aliphatic rings. The maximum atomic E-state index is 11.1. The summed E-state index contributed by atoms with van der Waals surface area (Å²) in [5.74, 6) is 0.869. The van der Waals surface area contributed by atoms with Gasteiger partial charge in [0.1, 0.15) is 5.82 Å². The van der Waals surface area contributed by atoms with Crippen LogP contribution >= 0.6 is 0 Å². The van der Waals surface area contributed by atoms with Crippen LogP contribution in [0.5, 0.6) is 0 Å². The van der Waals surface area contributed by atoms with Gasteiger partial charge in [0, 0.05) is 24.0 Å². The van der Waals surface area contributed by atoms with E-state index >= 15 is 0 Å². The van der Waals surface area contributed by atoms with Crippen molar-refractivity contribution < 1.29 is 9.90 Å². The predicted molar refractivity (Wildman–Crippen MR) is 83.0 cm³/mol. The highest BCUT2D eigenvalue weighted by Crippen LogP contribution is 2.46. The summed E-state index contributed by atoms with van der Waals surface area (Å²) in [6.45, 7) is 4.06. The quantitative estimate of drug-likeness (QED) is 0.910. The van der Waals surface area contributed by atoms with Gasteiger partial charge in [0.15, 0.2) is 0 Å². The van der Waals surface area contributed by atoms with Gasteiger partial charge in [-0.1, -0.05) is 25.1 Å². The third kappa shape index (κ3) is 1.85. The number of aromatic nitrogens is 1. The van der Waals surface area contributed by atoms with Crippen LogP contribution in [-0.2, 0) is 11.2 Å². The number of carboxylic acid groups (broad SMARTS) is 1. The molecule has 0 spiro atoms. The molecular formula is C17H20N2O2. The molecule has 4 nitrogen and oxygen atoms in total. The smallest absolute Gasteiger partial charge is 0.306 e. The highest BCUT2D eigenvalue weighted by molar-refractivity contribution is 5.93. The lowest BCUT2D eigenvalue weighted by atomic mass is 9.84. The van der Waals surface area contributed by atoms with Crippen molar-refractivity contribution in [3.8, 4) is 0 Å². The normalized spacial score (nSPS) is 19.0. The summed E-state index contributed by atoms with van der Waals surface area (Å²) >= 11 is 0. The molecule has 1 fully saturated rings. The molecule has 0 saturated carbocycles. The maximum absolute atomic E-state index is 11.1. The Morgan fingerprint density at radius 2 is 2.19 bits per heavy atom. The fraction of sp³-hybridized carbons (Fsp3) is 0.471. The second kappa shape index (κ2) is 4.52. The summed E-state index contributed by atoms with van der Waals surface area (Å²) in [4.78, 5) is 17.2. The summed E-state index contributed by atoms with van der Waals surface area (Å²) in [5.41, 5.74) is 3.74. The minimum atomic E-state index is -0.729. The first-order valence-corrected chi connectivity index (χ1v) is 7.76. The molecule has 1 atom stereocenters. The van der Waals surface area contributed by atoms with Crippen LogP contribution in [0, 0.1) is 5.92 Å². The number of fused-ring (bicyclic) bond motifs is 3. The van der Waals surface area contributed by atoms with E-state index in [0.29, 0.717) is 12.3 Å². The molecule has 0 radical (unpaired) electrons. The number of benzene rings is 1. The number of H-pyrrole nitrogens is 1. The molecule has 1 aromatic heterocycles. The van der Waals surface area contributed by atoms with Gasteiger partial charge in [0.25, 0.3) is 0 Å². The number of rotatable bonds is 3. The van der Waals surface area contributed by atoms with E-state index in [1.165, 1.54) is 29.6 Å². The Kier molecular flexibility index (Phi) is 2.74. The summed E-state index contributed by atoms with van der Waals surface area (Å²) in [6.07, 6.45) is 3.07. The predicted octanol–water partition coefficient (Wildman–Crippen LogP) is 3.13. The van der Waals surface area contributed by atoms with Crippen molar-refractivity contribution in [3.05, 3.63) is 29.3 Å². The molecule has 21 heavy (non-hydrogen) atoms.